The number of hydrogen-bond donors (Lipinski definition) is 1. The van der Waals surface area contributed by atoms with E-state index in [4.69, 9.17) is 4.74 Å². The number of hydrogen-bond acceptors (Lipinski definition) is 5. The molecule has 30 heavy (non-hydrogen) atoms. The van der Waals surface area contributed by atoms with E-state index in [1.807, 2.05) is 36.4 Å². The predicted molar refractivity (Wildman–Crippen MR) is 117 cm³/mol. The third kappa shape index (κ3) is 4.07. The van der Waals surface area contributed by atoms with Crippen molar-refractivity contribution in [3.63, 3.8) is 0 Å². The number of morpholine rings is 1. The minimum Gasteiger partial charge on any atom is -0.372 e. The van der Waals surface area contributed by atoms with Crippen LogP contribution in [0.2, 0.25) is 0 Å². The molecule has 0 saturated carbocycles. The Balaban J connectivity index is 1.47. The van der Waals surface area contributed by atoms with Gasteiger partial charge in [-0.1, -0.05) is 24.3 Å². The molecule has 2 aromatic heterocycles. The van der Waals surface area contributed by atoms with Crippen LogP contribution in [0, 0.1) is 0 Å². The fraction of sp³-hybridized carbons (Fsp3) is 0.348. The minimum atomic E-state index is -0.274. The molecule has 7 nitrogen and oxygen atoms in total. The van der Waals surface area contributed by atoms with Gasteiger partial charge in [-0.25, -0.2) is 4.98 Å². The molecule has 1 saturated heterocycles. The number of nitrogens with one attached hydrogen (secondary N) is 1. The van der Waals surface area contributed by atoms with E-state index >= 15 is 0 Å². The summed E-state index contributed by atoms with van der Waals surface area (Å²) in [4.78, 5) is 31.8. The third-order valence-electron chi connectivity index (χ3n) is 5.40. The minimum absolute atomic E-state index is 0.169. The normalized spacial score (nSPS) is 19.1. The summed E-state index contributed by atoms with van der Waals surface area (Å²) in [6, 6.07) is 12.7. The molecule has 1 N–H and O–H groups in total. The van der Waals surface area contributed by atoms with Crippen LogP contribution in [0.5, 0.6) is 0 Å². The average Bonchev–Trinajstić information content (AvgIpc) is 2.74. The number of benzene rings is 1. The number of ether oxygens (including phenoxy) is 1. The van der Waals surface area contributed by atoms with Crippen LogP contribution < -0.4 is 15.8 Å². The number of carbonyl (C=O) groups excluding carboxylic acids is 1. The summed E-state index contributed by atoms with van der Waals surface area (Å²) < 4.78 is 7.32. The van der Waals surface area contributed by atoms with Crippen molar-refractivity contribution in [2.24, 2.45) is 7.05 Å². The van der Waals surface area contributed by atoms with E-state index in [1.165, 1.54) is 6.07 Å². The molecule has 1 aliphatic heterocycles. The van der Waals surface area contributed by atoms with Crippen molar-refractivity contribution in [2.75, 3.05) is 18.0 Å². The average molecular weight is 406 g/mol. The first-order valence-corrected chi connectivity index (χ1v) is 10.1. The zero-order valence-corrected chi connectivity index (χ0v) is 17.5. The predicted octanol–water partition coefficient (Wildman–Crippen LogP) is 2.48. The standard InChI is InChI=1S/C23H26N4O3/c1-15-13-27(14-16(2)30-15)21-9-8-17(11-24-21)12-25-23(29)19-10-22(28)26(3)20-7-5-4-6-18(19)20/h4-11,15-16H,12-14H2,1-3H3,(H,25,29). The van der Waals surface area contributed by atoms with Crippen LogP contribution in [0.3, 0.4) is 0 Å². The van der Waals surface area contributed by atoms with Gasteiger partial charge in [0.1, 0.15) is 5.82 Å². The van der Waals surface area contributed by atoms with Crippen LogP contribution >= 0.6 is 0 Å². The van der Waals surface area contributed by atoms with Gasteiger partial charge in [0.2, 0.25) is 0 Å². The van der Waals surface area contributed by atoms with Gasteiger partial charge in [-0.05, 0) is 31.5 Å². The number of carbonyl (C=O) groups is 1. The first kappa shape index (κ1) is 20.1. The quantitative estimate of drug-likeness (QED) is 0.720. The summed E-state index contributed by atoms with van der Waals surface area (Å²) in [5, 5.41) is 3.66. The van der Waals surface area contributed by atoms with Crippen molar-refractivity contribution < 1.29 is 9.53 Å². The molecular formula is C23H26N4O3. The third-order valence-corrected chi connectivity index (χ3v) is 5.40. The second kappa shape index (κ2) is 8.28. The lowest BCUT2D eigenvalue weighted by molar-refractivity contribution is -0.00546. The monoisotopic (exact) mass is 406 g/mol. The van der Waals surface area contributed by atoms with Crippen LogP contribution in [-0.4, -0.2) is 40.8 Å². The van der Waals surface area contributed by atoms with Gasteiger partial charge >= 0.3 is 0 Å². The van der Waals surface area contributed by atoms with E-state index < -0.39 is 0 Å². The Labute approximate surface area is 175 Å². The lowest BCUT2D eigenvalue weighted by Gasteiger charge is -2.36. The first-order valence-electron chi connectivity index (χ1n) is 10.1. The van der Waals surface area contributed by atoms with Crippen molar-refractivity contribution in [3.8, 4) is 0 Å². The largest absolute Gasteiger partial charge is 0.372 e. The molecule has 3 heterocycles. The molecule has 3 aromatic rings. The summed E-state index contributed by atoms with van der Waals surface area (Å²) in [5.41, 5.74) is 1.80. The van der Waals surface area contributed by atoms with E-state index in [-0.39, 0.29) is 23.7 Å². The topological polar surface area (TPSA) is 76.5 Å². The van der Waals surface area contributed by atoms with Crippen LogP contribution in [0.15, 0.2) is 53.5 Å². The Bertz CT molecular complexity index is 1110. The van der Waals surface area contributed by atoms with E-state index in [2.05, 4.69) is 29.0 Å². The molecule has 156 valence electrons. The molecule has 2 unspecified atom stereocenters. The van der Waals surface area contributed by atoms with Crippen molar-refractivity contribution in [1.29, 1.82) is 0 Å². The van der Waals surface area contributed by atoms with Crippen LogP contribution in [0.1, 0.15) is 29.8 Å². The maximum absolute atomic E-state index is 12.8. The highest BCUT2D eigenvalue weighted by Gasteiger charge is 2.23. The summed E-state index contributed by atoms with van der Waals surface area (Å²) in [5.74, 6) is 0.633. The van der Waals surface area contributed by atoms with Crippen molar-refractivity contribution in [3.05, 3.63) is 70.1 Å². The van der Waals surface area contributed by atoms with Crippen molar-refractivity contribution in [2.45, 2.75) is 32.6 Å². The number of aryl methyl sites for hydroxylation is 1. The molecule has 4 rings (SSSR count). The highest BCUT2D eigenvalue weighted by atomic mass is 16.5. The van der Waals surface area contributed by atoms with E-state index in [0.717, 1.165) is 35.4 Å². The number of pyridine rings is 2. The van der Waals surface area contributed by atoms with E-state index in [9.17, 15) is 9.59 Å². The van der Waals surface area contributed by atoms with E-state index in [0.29, 0.717) is 12.1 Å². The summed E-state index contributed by atoms with van der Waals surface area (Å²) in [7, 11) is 1.70. The number of fused-ring (bicyclic) bond motifs is 1. The number of aromatic nitrogens is 2. The molecule has 0 aliphatic carbocycles. The highest BCUT2D eigenvalue weighted by Crippen LogP contribution is 2.19. The lowest BCUT2D eigenvalue weighted by atomic mass is 10.1. The number of amides is 1. The van der Waals surface area contributed by atoms with Crippen molar-refractivity contribution >= 4 is 22.6 Å². The Morgan fingerprint density at radius 1 is 1.17 bits per heavy atom. The summed E-state index contributed by atoms with van der Waals surface area (Å²) >= 11 is 0. The van der Waals surface area contributed by atoms with Gasteiger partial charge < -0.3 is 19.5 Å². The molecule has 1 amide bonds. The maximum Gasteiger partial charge on any atom is 0.252 e. The van der Waals surface area contributed by atoms with Crippen LogP contribution in [0.4, 0.5) is 5.82 Å². The Kier molecular flexibility index (Phi) is 5.55. The fourth-order valence-corrected chi connectivity index (χ4v) is 3.95. The van der Waals surface area contributed by atoms with Gasteiger partial charge in [-0.15, -0.1) is 0 Å². The molecule has 2 atom stereocenters. The summed E-state index contributed by atoms with van der Waals surface area (Å²) in [6.45, 7) is 6.08. The molecular weight excluding hydrogens is 380 g/mol. The smallest absolute Gasteiger partial charge is 0.252 e. The SMILES string of the molecule is CC1CN(c2ccc(CNC(=O)c3cc(=O)n(C)c4ccccc34)cn2)CC(C)O1. The molecule has 0 bridgehead atoms. The zero-order chi connectivity index (χ0) is 21.3. The Morgan fingerprint density at radius 2 is 1.90 bits per heavy atom. The Hall–Kier alpha value is -3.19. The van der Waals surface area contributed by atoms with Gasteiger partial charge in [0.25, 0.3) is 11.5 Å². The molecule has 0 spiro atoms. The second-order valence-corrected chi connectivity index (χ2v) is 7.84. The van der Waals surface area contributed by atoms with Gasteiger partial charge in [0.05, 0.1) is 23.3 Å². The fourth-order valence-electron chi connectivity index (χ4n) is 3.95. The molecule has 7 heteroatoms. The van der Waals surface area contributed by atoms with Gasteiger partial charge in [0.15, 0.2) is 0 Å². The molecule has 1 aliphatic rings. The van der Waals surface area contributed by atoms with Gasteiger partial charge in [-0.3, -0.25) is 9.59 Å². The number of para-hydroxylation sites is 1. The molecule has 0 radical (unpaired) electrons. The van der Waals surface area contributed by atoms with Gasteiger partial charge in [0, 0.05) is 44.3 Å². The number of anilines is 1. The second-order valence-electron chi connectivity index (χ2n) is 7.84. The summed E-state index contributed by atoms with van der Waals surface area (Å²) in [6.07, 6.45) is 2.12. The molecule has 1 fully saturated rings. The maximum atomic E-state index is 12.8. The van der Waals surface area contributed by atoms with Gasteiger partial charge in [-0.2, -0.15) is 0 Å². The number of nitrogens with zero attached hydrogens (tertiary/aromatic N) is 3. The molecule has 1 aromatic carbocycles. The lowest BCUT2D eigenvalue weighted by Crippen LogP contribution is -2.45. The van der Waals surface area contributed by atoms with E-state index in [1.54, 1.807) is 17.8 Å². The highest BCUT2D eigenvalue weighted by molar-refractivity contribution is 6.06. The van der Waals surface area contributed by atoms with Crippen LogP contribution in [0.25, 0.3) is 10.9 Å². The number of rotatable bonds is 4. The first-order chi connectivity index (χ1) is 14.4. The Morgan fingerprint density at radius 3 is 2.60 bits per heavy atom. The zero-order valence-electron chi connectivity index (χ0n) is 17.5. The van der Waals surface area contributed by atoms with Crippen LogP contribution in [-0.2, 0) is 18.3 Å². The van der Waals surface area contributed by atoms with Crippen molar-refractivity contribution in [1.82, 2.24) is 14.9 Å².